The predicted octanol–water partition coefficient (Wildman–Crippen LogP) is 2.48. The Morgan fingerprint density at radius 3 is 2.67 bits per heavy atom. The quantitative estimate of drug-likeness (QED) is 0.640. The molecule has 0 saturated heterocycles. The maximum atomic E-state index is 13.5. The van der Waals surface area contributed by atoms with Gasteiger partial charge in [0.1, 0.15) is 16.7 Å². The number of amides is 1. The summed E-state index contributed by atoms with van der Waals surface area (Å²) in [7, 11) is -2.10. The van der Waals surface area contributed by atoms with Gasteiger partial charge in [0.2, 0.25) is 15.9 Å². The van der Waals surface area contributed by atoms with E-state index in [-0.39, 0.29) is 35.6 Å². The van der Waals surface area contributed by atoms with Crippen LogP contribution in [0, 0.1) is 29.6 Å². The third-order valence-corrected chi connectivity index (χ3v) is 8.72. The topological polar surface area (TPSA) is 87.2 Å². The predicted molar refractivity (Wildman–Crippen MR) is 125 cm³/mol. The van der Waals surface area contributed by atoms with Gasteiger partial charge in [-0.25, -0.2) is 8.42 Å². The maximum absolute atomic E-state index is 13.5. The lowest BCUT2D eigenvalue weighted by atomic mass is 10.0. The highest BCUT2D eigenvalue weighted by molar-refractivity contribution is 7.89. The van der Waals surface area contributed by atoms with Crippen molar-refractivity contribution in [2.24, 2.45) is 17.8 Å². The zero-order valence-corrected chi connectivity index (χ0v) is 20.5. The van der Waals surface area contributed by atoms with E-state index in [1.165, 1.54) is 4.31 Å². The van der Waals surface area contributed by atoms with Gasteiger partial charge in [0, 0.05) is 43.5 Å². The second-order valence-electron chi connectivity index (χ2n) is 9.87. The molecule has 3 aliphatic rings. The average molecular weight is 475 g/mol. The molecule has 0 bridgehead atoms. The number of hydrogen-bond acceptors (Lipinski definition) is 5. The number of carbonyl (C=O) groups is 1. The fraction of sp³-hybridized carbons (Fsp3) is 0.640. The van der Waals surface area contributed by atoms with Gasteiger partial charge in [-0.05, 0) is 56.7 Å². The van der Waals surface area contributed by atoms with Crippen molar-refractivity contribution >= 4 is 15.9 Å². The van der Waals surface area contributed by atoms with Gasteiger partial charge in [-0.15, -0.1) is 0 Å². The van der Waals surface area contributed by atoms with Crippen molar-refractivity contribution in [3.05, 3.63) is 23.8 Å². The fourth-order valence-electron chi connectivity index (χ4n) is 4.03. The first kappa shape index (κ1) is 24.1. The molecule has 4 rings (SSSR count). The summed E-state index contributed by atoms with van der Waals surface area (Å²) < 4.78 is 34.7. The van der Waals surface area contributed by atoms with E-state index in [1.54, 1.807) is 37.1 Å². The van der Waals surface area contributed by atoms with Gasteiger partial charge in [0.05, 0.1) is 13.2 Å². The molecule has 0 aromatic heterocycles. The highest BCUT2D eigenvalue weighted by Crippen LogP contribution is 2.35. The minimum atomic E-state index is -3.88. The van der Waals surface area contributed by atoms with E-state index < -0.39 is 22.2 Å². The van der Waals surface area contributed by atoms with Gasteiger partial charge in [-0.3, -0.25) is 4.79 Å². The highest BCUT2D eigenvalue weighted by Gasteiger charge is 2.38. The molecule has 2 fully saturated rings. The van der Waals surface area contributed by atoms with Crippen LogP contribution in [-0.4, -0.2) is 67.5 Å². The standard InChI is InChI=1S/C25H34N2O5S/c1-17-14-27(18(2)16-28)33(30,31)24-11-10-20(7-6-19-4-5-19)12-22(24)32-23(17)15-26(3)25(29)13-21-8-9-21/h10-12,17-19,21,23,28H,4-5,8-9,13-16H2,1-3H3/t17-,18-,23-/m1/s1. The number of aliphatic hydroxyl groups is 1. The number of carbonyl (C=O) groups excluding carboxylic acids is 1. The SMILES string of the molecule is C[C@@H]1CN([C@H](C)CO)S(=O)(=O)c2ccc(C#CC3CC3)cc2O[C@@H]1CN(C)C(=O)CC1CC1. The van der Waals surface area contributed by atoms with Crippen LogP contribution in [0.4, 0.5) is 0 Å². The molecule has 1 N–H and O–H groups in total. The fourth-order valence-corrected chi connectivity index (χ4v) is 5.86. The highest BCUT2D eigenvalue weighted by atomic mass is 32.2. The number of rotatable bonds is 6. The van der Waals surface area contributed by atoms with Crippen LogP contribution >= 0.6 is 0 Å². The first-order chi connectivity index (χ1) is 15.7. The zero-order chi connectivity index (χ0) is 23.8. The summed E-state index contributed by atoms with van der Waals surface area (Å²) in [5.41, 5.74) is 0.711. The summed E-state index contributed by atoms with van der Waals surface area (Å²) >= 11 is 0. The Morgan fingerprint density at radius 1 is 1.30 bits per heavy atom. The molecule has 2 aliphatic carbocycles. The molecule has 1 amide bonds. The van der Waals surface area contributed by atoms with Gasteiger partial charge in [0.25, 0.3) is 0 Å². The second-order valence-corrected chi connectivity index (χ2v) is 11.7. The number of nitrogens with zero attached hydrogens (tertiary/aromatic N) is 2. The number of benzene rings is 1. The van der Waals surface area contributed by atoms with Crippen molar-refractivity contribution in [3.63, 3.8) is 0 Å². The number of sulfonamides is 1. The smallest absolute Gasteiger partial charge is 0.247 e. The molecule has 33 heavy (non-hydrogen) atoms. The van der Waals surface area contributed by atoms with Crippen molar-refractivity contribution < 1.29 is 23.1 Å². The van der Waals surface area contributed by atoms with E-state index in [4.69, 9.17) is 4.74 Å². The Morgan fingerprint density at radius 2 is 2.03 bits per heavy atom. The Labute approximate surface area is 197 Å². The molecule has 7 nitrogen and oxygen atoms in total. The number of hydrogen-bond donors (Lipinski definition) is 1. The second kappa shape index (κ2) is 9.65. The summed E-state index contributed by atoms with van der Waals surface area (Å²) in [4.78, 5) is 14.4. The van der Waals surface area contributed by atoms with Gasteiger partial charge >= 0.3 is 0 Å². The van der Waals surface area contributed by atoms with Crippen molar-refractivity contribution in [1.82, 2.24) is 9.21 Å². The monoisotopic (exact) mass is 474 g/mol. The van der Waals surface area contributed by atoms with Crippen LogP contribution in [0.5, 0.6) is 5.75 Å². The molecule has 1 heterocycles. The largest absolute Gasteiger partial charge is 0.487 e. The van der Waals surface area contributed by atoms with Crippen LogP contribution in [0.15, 0.2) is 23.1 Å². The van der Waals surface area contributed by atoms with Crippen LogP contribution in [0.1, 0.15) is 51.5 Å². The molecule has 3 atom stereocenters. The number of likely N-dealkylation sites (N-methyl/N-ethyl adjacent to an activating group) is 1. The lowest BCUT2D eigenvalue weighted by Gasteiger charge is -2.37. The third-order valence-electron chi connectivity index (χ3n) is 6.70. The number of fused-ring (bicyclic) bond motifs is 1. The van der Waals surface area contributed by atoms with E-state index in [0.717, 1.165) is 25.7 Å². The first-order valence-electron chi connectivity index (χ1n) is 11.9. The van der Waals surface area contributed by atoms with E-state index in [9.17, 15) is 18.3 Å². The minimum absolute atomic E-state index is 0.0728. The molecular formula is C25H34N2O5S. The van der Waals surface area contributed by atoms with Crippen LogP contribution in [0.25, 0.3) is 0 Å². The van der Waals surface area contributed by atoms with Crippen LogP contribution in [-0.2, 0) is 14.8 Å². The van der Waals surface area contributed by atoms with E-state index in [1.807, 2.05) is 6.92 Å². The minimum Gasteiger partial charge on any atom is -0.487 e. The number of aliphatic hydroxyl groups excluding tert-OH is 1. The average Bonchev–Trinajstić information content (AvgIpc) is 3.70. The summed E-state index contributed by atoms with van der Waals surface area (Å²) in [6.45, 7) is 3.91. The lowest BCUT2D eigenvalue weighted by molar-refractivity contribution is -0.131. The molecule has 8 heteroatoms. The Hall–Kier alpha value is -2.08. The number of ether oxygens (including phenoxy) is 1. The summed E-state index contributed by atoms with van der Waals surface area (Å²) in [5, 5.41) is 9.75. The molecule has 0 spiro atoms. The molecule has 1 aliphatic heterocycles. The maximum Gasteiger partial charge on any atom is 0.247 e. The van der Waals surface area contributed by atoms with Gasteiger partial charge in [0.15, 0.2) is 0 Å². The van der Waals surface area contributed by atoms with Gasteiger partial charge in [-0.2, -0.15) is 4.31 Å². The van der Waals surface area contributed by atoms with Crippen molar-refractivity contribution in [1.29, 1.82) is 0 Å². The Bertz CT molecular complexity index is 1050. The third kappa shape index (κ3) is 5.71. The van der Waals surface area contributed by atoms with Crippen molar-refractivity contribution in [2.75, 3.05) is 26.7 Å². The molecule has 180 valence electrons. The molecule has 1 aromatic rings. The van der Waals surface area contributed by atoms with E-state index >= 15 is 0 Å². The van der Waals surface area contributed by atoms with Crippen LogP contribution < -0.4 is 4.74 Å². The molecule has 2 saturated carbocycles. The van der Waals surface area contributed by atoms with Crippen molar-refractivity contribution in [3.8, 4) is 17.6 Å². The summed E-state index contributed by atoms with van der Waals surface area (Å²) in [6, 6.07) is 4.38. The van der Waals surface area contributed by atoms with Crippen molar-refractivity contribution in [2.45, 2.75) is 63.0 Å². The first-order valence-corrected chi connectivity index (χ1v) is 13.3. The Kier molecular flexibility index (Phi) is 7.04. The zero-order valence-electron chi connectivity index (χ0n) is 19.7. The summed E-state index contributed by atoms with van der Waals surface area (Å²) in [6.07, 6.45) is 4.60. The van der Waals surface area contributed by atoms with E-state index in [2.05, 4.69) is 11.8 Å². The lowest BCUT2D eigenvalue weighted by Crippen LogP contribution is -2.50. The molecule has 1 aromatic carbocycles. The molecule has 0 unspecified atom stereocenters. The van der Waals surface area contributed by atoms with Crippen LogP contribution in [0.3, 0.4) is 0 Å². The molecule has 0 radical (unpaired) electrons. The summed E-state index contributed by atoms with van der Waals surface area (Å²) in [5.74, 6) is 7.42. The van der Waals surface area contributed by atoms with Gasteiger partial charge < -0.3 is 14.7 Å². The van der Waals surface area contributed by atoms with Crippen LogP contribution in [0.2, 0.25) is 0 Å². The Balaban J connectivity index is 1.67. The molecular weight excluding hydrogens is 440 g/mol. The van der Waals surface area contributed by atoms with Gasteiger partial charge in [-0.1, -0.05) is 18.8 Å². The van der Waals surface area contributed by atoms with E-state index in [0.29, 0.717) is 30.4 Å². The normalized spacial score (nSPS) is 25.5.